The Hall–Kier alpha value is -0.180. The van der Waals surface area contributed by atoms with E-state index in [1.807, 2.05) is 0 Å². The van der Waals surface area contributed by atoms with E-state index >= 15 is 0 Å². The van der Waals surface area contributed by atoms with Gasteiger partial charge in [-0.2, -0.15) is 8.78 Å². The van der Waals surface area contributed by atoms with Crippen molar-refractivity contribution in [3.63, 3.8) is 0 Å². The lowest BCUT2D eigenvalue weighted by Gasteiger charge is -2.21. The van der Waals surface area contributed by atoms with Crippen molar-refractivity contribution in [2.75, 3.05) is 0 Å². The van der Waals surface area contributed by atoms with E-state index in [0.717, 1.165) is 19.3 Å². The fourth-order valence-electron chi connectivity index (χ4n) is 2.98. The van der Waals surface area contributed by atoms with E-state index in [2.05, 4.69) is 11.6 Å². The van der Waals surface area contributed by atoms with Gasteiger partial charge in [0, 0.05) is 6.42 Å². The van der Waals surface area contributed by atoms with Crippen LogP contribution in [0.25, 0.3) is 0 Å². The Labute approximate surface area is 86.8 Å². The average Bonchev–Trinajstić information content (AvgIpc) is 2.62. The van der Waals surface area contributed by atoms with Gasteiger partial charge in [0.15, 0.2) is 0 Å². The van der Waals surface area contributed by atoms with Crippen molar-refractivity contribution in [1.29, 1.82) is 0 Å². The summed E-state index contributed by atoms with van der Waals surface area (Å²) >= 11 is 4.68. The van der Waals surface area contributed by atoms with Gasteiger partial charge in [-0.3, -0.25) is 4.79 Å². The van der Waals surface area contributed by atoms with Crippen molar-refractivity contribution in [3.05, 3.63) is 0 Å². The Morgan fingerprint density at radius 3 is 2.50 bits per heavy atom. The molecule has 14 heavy (non-hydrogen) atoms. The van der Waals surface area contributed by atoms with Gasteiger partial charge < -0.3 is 0 Å². The molecule has 2 rings (SSSR count). The highest BCUT2D eigenvalue weighted by atomic mass is 35.5. The number of halogens is 3. The summed E-state index contributed by atoms with van der Waals surface area (Å²) in [6.07, 6.45) is 4.37. The molecule has 4 heteroatoms. The third kappa shape index (κ3) is 1.92. The fraction of sp³-hybridized carbons (Fsp3) is 0.900. The van der Waals surface area contributed by atoms with Gasteiger partial charge in [-0.1, -0.05) is 6.42 Å². The van der Waals surface area contributed by atoms with Gasteiger partial charge in [-0.05, 0) is 48.6 Å². The Balaban J connectivity index is 1.90. The molecule has 0 heterocycles. The summed E-state index contributed by atoms with van der Waals surface area (Å²) in [5.74, 6) is 0.257. The van der Waals surface area contributed by atoms with Crippen LogP contribution >= 0.6 is 11.6 Å². The van der Waals surface area contributed by atoms with E-state index in [9.17, 15) is 13.6 Å². The first kappa shape index (κ1) is 10.3. The van der Waals surface area contributed by atoms with Gasteiger partial charge >= 0.3 is 5.38 Å². The highest BCUT2D eigenvalue weighted by molar-refractivity contribution is 6.32. The van der Waals surface area contributed by atoms with Crippen LogP contribution in [0.15, 0.2) is 0 Å². The van der Waals surface area contributed by atoms with Crippen molar-refractivity contribution in [1.82, 2.24) is 0 Å². The number of alkyl halides is 3. The monoisotopic (exact) mass is 222 g/mol. The molecule has 2 fully saturated rings. The Bertz CT molecular complexity index is 249. The normalized spacial score (nSPS) is 36.4. The van der Waals surface area contributed by atoms with Crippen LogP contribution in [-0.2, 0) is 4.79 Å². The lowest BCUT2D eigenvalue weighted by molar-refractivity contribution is -0.134. The molecule has 80 valence electrons. The molecule has 3 unspecified atom stereocenters. The minimum absolute atomic E-state index is 0.0301. The zero-order valence-electron chi connectivity index (χ0n) is 7.81. The van der Waals surface area contributed by atoms with E-state index in [1.165, 1.54) is 6.42 Å². The summed E-state index contributed by atoms with van der Waals surface area (Å²) < 4.78 is 24.9. The summed E-state index contributed by atoms with van der Waals surface area (Å²) in [6.45, 7) is 0. The van der Waals surface area contributed by atoms with Crippen LogP contribution in [0, 0.1) is 17.8 Å². The molecule has 0 N–H and O–H groups in total. The van der Waals surface area contributed by atoms with Crippen molar-refractivity contribution < 1.29 is 13.6 Å². The molecule has 0 aliphatic heterocycles. The predicted molar refractivity (Wildman–Crippen MR) is 49.4 cm³/mol. The van der Waals surface area contributed by atoms with Crippen molar-refractivity contribution >= 4 is 17.4 Å². The van der Waals surface area contributed by atoms with E-state index in [-0.39, 0.29) is 12.3 Å². The van der Waals surface area contributed by atoms with Crippen molar-refractivity contribution in [2.45, 2.75) is 37.5 Å². The third-order valence-electron chi connectivity index (χ3n) is 3.65. The maximum absolute atomic E-state index is 12.4. The van der Waals surface area contributed by atoms with E-state index in [1.54, 1.807) is 0 Å². The zero-order valence-corrected chi connectivity index (χ0v) is 8.57. The van der Waals surface area contributed by atoms with Crippen LogP contribution in [-0.4, -0.2) is 11.2 Å². The topological polar surface area (TPSA) is 17.1 Å². The van der Waals surface area contributed by atoms with Crippen LogP contribution in [0.5, 0.6) is 0 Å². The second-order valence-electron chi connectivity index (χ2n) is 4.56. The largest absolute Gasteiger partial charge is 0.380 e. The minimum atomic E-state index is -3.65. The van der Waals surface area contributed by atoms with Crippen LogP contribution < -0.4 is 0 Å². The average molecular weight is 223 g/mol. The minimum Gasteiger partial charge on any atom is -0.291 e. The maximum Gasteiger partial charge on any atom is 0.380 e. The number of rotatable bonds is 3. The number of fused-ring (bicyclic) bond motifs is 2. The SMILES string of the molecule is O=C(CC1CC2CCC1C2)C(F)(F)Cl. The van der Waals surface area contributed by atoms with Crippen molar-refractivity contribution in [2.24, 2.45) is 17.8 Å². The summed E-state index contributed by atoms with van der Waals surface area (Å²) in [6, 6.07) is 0. The maximum atomic E-state index is 12.4. The summed E-state index contributed by atoms with van der Waals surface area (Å²) in [5.41, 5.74) is 0. The molecule has 0 spiro atoms. The fourth-order valence-corrected chi connectivity index (χ4v) is 3.06. The molecule has 2 saturated carbocycles. The molecule has 0 aromatic rings. The molecule has 2 aliphatic carbocycles. The van der Waals surface area contributed by atoms with Gasteiger partial charge in [0.2, 0.25) is 5.78 Å². The molecule has 3 atom stereocenters. The van der Waals surface area contributed by atoms with Gasteiger partial charge in [0.25, 0.3) is 0 Å². The highest BCUT2D eigenvalue weighted by Gasteiger charge is 2.44. The molecule has 1 nitrogen and oxygen atoms in total. The van der Waals surface area contributed by atoms with Crippen molar-refractivity contribution in [3.8, 4) is 0 Å². The zero-order chi connectivity index (χ0) is 10.3. The van der Waals surface area contributed by atoms with Crippen LogP contribution in [0.2, 0.25) is 0 Å². The number of hydrogen-bond donors (Lipinski definition) is 0. The molecular weight excluding hydrogens is 210 g/mol. The molecule has 0 aromatic heterocycles. The first-order valence-electron chi connectivity index (χ1n) is 5.07. The molecule has 0 radical (unpaired) electrons. The number of hydrogen-bond acceptors (Lipinski definition) is 1. The standard InChI is InChI=1S/C10H13ClF2O/c11-10(12,13)9(14)5-8-4-6-1-2-7(8)3-6/h6-8H,1-5H2. The Kier molecular flexibility index (Phi) is 2.54. The molecule has 0 aromatic carbocycles. The summed E-state index contributed by atoms with van der Waals surface area (Å²) in [4.78, 5) is 11.0. The first-order valence-corrected chi connectivity index (χ1v) is 5.44. The van der Waals surface area contributed by atoms with Gasteiger partial charge in [0.05, 0.1) is 0 Å². The van der Waals surface area contributed by atoms with Gasteiger partial charge in [0.1, 0.15) is 0 Å². The number of carbonyl (C=O) groups is 1. The van der Waals surface area contributed by atoms with Crippen LogP contribution in [0.1, 0.15) is 32.1 Å². The number of carbonyl (C=O) groups excluding carboxylic acids is 1. The van der Waals surface area contributed by atoms with E-state index in [0.29, 0.717) is 11.8 Å². The summed E-state index contributed by atoms with van der Waals surface area (Å²) in [5, 5.41) is -3.65. The molecule has 0 saturated heterocycles. The van der Waals surface area contributed by atoms with Crippen LogP contribution in [0.3, 0.4) is 0 Å². The smallest absolute Gasteiger partial charge is 0.291 e. The number of ketones is 1. The number of Topliss-reactive ketones (excluding diaryl/α,β-unsaturated/α-hetero) is 1. The Morgan fingerprint density at radius 1 is 1.36 bits per heavy atom. The Morgan fingerprint density at radius 2 is 2.07 bits per heavy atom. The van der Waals surface area contributed by atoms with Gasteiger partial charge in [-0.15, -0.1) is 0 Å². The van der Waals surface area contributed by atoms with Crippen LogP contribution in [0.4, 0.5) is 8.78 Å². The quantitative estimate of drug-likeness (QED) is 0.671. The second-order valence-corrected chi connectivity index (χ2v) is 5.03. The van der Waals surface area contributed by atoms with Gasteiger partial charge in [-0.25, -0.2) is 0 Å². The first-order chi connectivity index (χ1) is 6.47. The third-order valence-corrected chi connectivity index (χ3v) is 3.86. The summed E-state index contributed by atoms with van der Waals surface area (Å²) in [7, 11) is 0. The molecule has 0 amide bonds. The molecular formula is C10H13ClF2O. The second kappa shape index (κ2) is 3.44. The lowest BCUT2D eigenvalue weighted by atomic mass is 9.85. The molecule has 2 aliphatic rings. The lowest BCUT2D eigenvalue weighted by Crippen LogP contribution is -2.26. The predicted octanol–water partition coefficient (Wildman–Crippen LogP) is 3.21. The highest BCUT2D eigenvalue weighted by Crippen LogP contribution is 2.50. The molecule has 2 bridgehead atoms. The van der Waals surface area contributed by atoms with E-state index < -0.39 is 11.2 Å². The van der Waals surface area contributed by atoms with E-state index in [4.69, 9.17) is 0 Å².